The maximum atomic E-state index is 12.8. The fourth-order valence-electron chi connectivity index (χ4n) is 3.29. The van der Waals surface area contributed by atoms with Crippen LogP contribution < -0.4 is 0 Å². The van der Waals surface area contributed by atoms with E-state index in [1.54, 1.807) is 36.6 Å². The van der Waals surface area contributed by atoms with Crippen molar-refractivity contribution in [2.45, 2.75) is 27.7 Å². The highest BCUT2D eigenvalue weighted by atomic mass is 16.1. The van der Waals surface area contributed by atoms with Gasteiger partial charge in [-0.25, -0.2) is 4.98 Å². The number of pyridine rings is 2. The minimum absolute atomic E-state index is 0.0881. The lowest BCUT2D eigenvalue weighted by atomic mass is 9.99. The molecule has 156 valence electrons. The van der Waals surface area contributed by atoms with Crippen LogP contribution in [0.1, 0.15) is 30.8 Å². The molecule has 0 amide bonds. The van der Waals surface area contributed by atoms with E-state index in [9.17, 15) is 4.79 Å². The van der Waals surface area contributed by atoms with Gasteiger partial charge >= 0.3 is 0 Å². The van der Waals surface area contributed by atoms with Gasteiger partial charge in [-0.1, -0.05) is 37.0 Å². The van der Waals surface area contributed by atoms with E-state index in [1.807, 2.05) is 39.8 Å². The summed E-state index contributed by atoms with van der Waals surface area (Å²) >= 11 is 0. The quantitative estimate of drug-likeness (QED) is 0.360. The van der Waals surface area contributed by atoms with Crippen molar-refractivity contribution in [1.29, 1.82) is 0 Å². The topological polar surface area (TPSA) is 58.6 Å². The van der Waals surface area contributed by atoms with Crippen molar-refractivity contribution < 1.29 is 4.79 Å². The molecule has 0 atom stereocenters. The molecule has 3 rings (SSSR count). The number of rotatable bonds is 7. The maximum absolute atomic E-state index is 12.8. The third-order valence-electron chi connectivity index (χ3n) is 5.14. The first-order valence-electron chi connectivity index (χ1n) is 10.1. The Bertz CT molecular complexity index is 1270. The highest BCUT2D eigenvalue weighted by Gasteiger charge is 2.10. The van der Waals surface area contributed by atoms with Crippen LogP contribution >= 0.6 is 0 Å². The summed E-state index contributed by atoms with van der Waals surface area (Å²) in [6.45, 7) is 15.4. The number of ketones is 1. The lowest BCUT2D eigenvalue weighted by molar-refractivity contribution is -0.111. The minimum atomic E-state index is -0.0881. The average Bonchev–Trinajstić information content (AvgIpc) is 3.15. The highest BCUT2D eigenvalue weighted by molar-refractivity contribution is 6.09. The zero-order valence-electron chi connectivity index (χ0n) is 18.5. The lowest BCUT2D eigenvalue weighted by Gasteiger charge is -2.05. The molecule has 4 nitrogen and oxygen atoms in total. The molecule has 0 aliphatic heterocycles. The van der Waals surface area contributed by atoms with E-state index < -0.39 is 0 Å². The summed E-state index contributed by atoms with van der Waals surface area (Å²) in [6.07, 6.45) is 10.3. The Morgan fingerprint density at radius 1 is 1.13 bits per heavy atom. The molecule has 0 bridgehead atoms. The van der Waals surface area contributed by atoms with Crippen molar-refractivity contribution in [3.63, 3.8) is 0 Å². The van der Waals surface area contributed by atoms with E-state index in [1.165, 1.54) is 0 Å². The van der Waals surface area contributed by atoms with Crippen LogP contribution in [-0.2, 0) is 4.79 Å². The van der Waals surface area contributed by atoms with E-state index >= 15 is 0 Å². The van der Waals surface area contributed by atoms with E-state index in [2.05, 4.69) is 40.2 Å². The first kappa shape index (κ1) is 21.9. The van der Waals surface area contributed by atoms with Gasteiger partial charge in [0.2, 0.25) is 0 Å². The summed E-state index contributed by atoms with van der Waals surface area (Å²) < 4.78 is 0. The number of carbonyl (C=O) groups excluding carboxylic acids is 1. The maximum Gasteiger partial charge on any atom is 0.186 e. The summed E-state index contributed by atoms with van der Waals surface area (Å²) in [5.41, 5.74) is 7.95. The number of allylic oxidation sites excluding steroid dienone is 7. The van der Waals surface area contributed by atoms with Gasteiger partial charge in [-0.15, -0.1) is 0 Å². The Labute approximate surface area is 183 Å². The number of aromatic amines is 1. The second kappa shape index (κ2) is 9.35. The Hall–Kier alpha value is -3.79. The molecule has 3 heterocycles. The normalized spacial score (nSPS) is 12.5. The number of fused-ring (bicyclic) bond motifs is 1. The van der Waals surface area contributed by atoms with Crippen LogP contribution in [0.25, 0.3) is 28.4 Å². The number of carbonyl (C=O) groups is 1. The molecule has 4 heteroatoms. The summed E-state index contributed by atoms with van der Waals surface area (Å²) in [6, 6.07) is 8.14. The molecule has 0 saturated heterocycles. The van der Waals surface area contributed by atoms with E-state index in [0.717, 1.165) is 50.4 Å². The van der Waals surface area contributed by atoms with Gasteiger partial charge in [-0.05, 0) is 75.2 Å². The standard InChI is InChI=1S/C27H27N3O/c1-7-8-9-23(19(5)17(2)3)26(31)13-11-21-14-22-15-25(30-27(22)28-16-21)24-12-10-18(4)29-20(24)6/h7-16H,1-2H2,3-6H3,(H,28,30). The van der Waals surface area contributed by atoms with Gasteiger partial charge in [0.25, 0.3) is 0 Å². The molecule has 0 aliphatic rings. The Morgan fingerprint density at radius 3 is 2.58 bits per heavy atom. The van der Waals surface area contributed by atoms with Gasteiger partial charge in [0.15, 0.2) is 5.78 Å². The predicted octanol–water partition coefficient (Wildman–Crippen LogP) is 6.46. The number of H-pyrrole nitrogens is 1. The third kappa shape index (κ3) is 5.04. The van der Waals surface area contributed by atoms with Crippen LogP contribution in [0, 0.1) is 13.8 Å². The minimum Gasteiger partial charge on any atom is -0.339 e. The van der Waals surface area contributed by atoms with Crippen molar-refractivity contribution in [3.05, 3.63) is 102 Å². The fraction of sp³-hybridized carbons (Fsp3) is 0.148. The number of aromatic nitrogens is 3. The number of nitrogens with one attached hydrogen (secondary N) is 1. The van der Waals surface area contributed by atoms with Crippen LogP contribution in [0.2, 0.25) is 0 Å². The van der Waals surface area contributed by atoms with E-state index in [0.29, 0.717) is 5.57 Å². The molecule has 31 heavy (non-hydrogen) atoms. The summed E-state index contributed by atoms with van der Waals surface area (Å²) in [5.74, 6) is -0.0881. The molecule has 0 saturated carbocycles. The molecular weight excluding hydrogens is 382 g/mol. The summed E-state index contributed by atoms with van der Waals surface area (Å²) in [5, 5.41) is 0.977. The molecule has 0 fully saturated rings. The lowest BCUT2D eigenvalue weighted by Crippen LogP contribution is -2.00. The first-order valence-corrected chi connectivity index (χ1v) is 10.1. The Balaban J connectivity index is 1.91. The van der Waals surface area contributed by atoms with Gasteiger partial charge in [0, 0.05) is 39.8 Å². The number of hydrogen-bond acceptors (Lipinski definition) is 3. The van der Waals surface area contributed by atoms with Gasteiger partial charge < -0.3 is 4.98 Å². The molecule has 0 spiro atoms. The van der Waals surface area contributed by atoms with Crippen molar-refractivity contribution in [2.75, 3.05) is 0 Å². The SMILES string of the molecule is C=CC=CC(C(=O)C=Cc1cnc2[nH]c(-c3ccc(C)nc3C)cc2c1)=C(C)C(=C)C. The van der Waals surface area contributed by atoms with Gasteiger partial charge in [-0.3, -0.25) is 9.78 Å². The molecule has 0 aliphatic carbocycles. The van der Waals surface area contributed by atoms with Crippen LogP contribution in [-0.4, -0.2) is 20.7 Å². The van der Waals surface area contributed by atoms with Crippen molar-refractivity contribution in [3.8, 4) is 11.3 Å². The summed E-state index contributed by atoms with van der Waals surface area (Å²) in [4.78, 5) is 25.2. The second-order valence-electron chi connectivity index (χ2n) is 7.59. The fourth-order valence-corrected chi connectivity index (χ4v) is 3.29. The van der Waals surface area contributed by atoms with Crippen LogP contribution in [0.5, 0.6) is 0 Å². The third-order valence-corrected chi connectivity index (χ3v) is 5.14. The van der Waals surface area contributed by atoms with E-state index in [4.69, 9.17) is 0 Å². The molecule has 0 radical (unpaired) electrons. The van der Waals surface area contributed by atoms with Gasteiger partial charge in [0.1, 0.15) is 5.65 Å². The van der Waals surface area contributed by atoms with Crippen molar-refractivity contribution >= 4 is 22.9 Å². The van der Waals surface area contributed by atoms with Crippen LogP contribution in [0.4, 0.5) is 0 Å². The van der Waals surface area contributed by atoms with Gasteiger partial charge in [0.05, 0.1) is 0 Å². The zero-order chi connectivity index (χ0) is 22.5. The molecule has 3 aromatic rings. The molecule has 0 unspecified atom stereocenters. The van der Waals surface area contributed by atoms with Crippen LogP contribution in [0.3, 0.4) is 0 Å². The van der Waals surface area contributed by atoms with Crippen LogP contribution in [0.15, 0.2) is 84.6 Å². The van der Waals surface area contributed by atoms with Gasteiger partial charge in [-0.2, -0.15) is 0 Å². The zero-order valence-corrected chi connectivity index (χ0v) is 18.5. The predicted molar refractivity (Wildman–Crippen MR) is 130 cm³/mol. The molecule has 3 aromatic heterocycles. The number of nitrogens with zero attached hydrogens (tertiary/aromatic N) is 2. The monoisotopic (exact) mass is 409 g/mol. The Kier molecular flexibility index (Phi) is 6.61. The smallest absolute Gasteiger partial charge is 0.186 e. The molecule has 0 aromatic carbocycles. The van der Waals surface area contributed by atoms with Crippen molar-refractivity contribution in [1.82, 2.24) is 15.0 Å². The largest absolute Gasteiger partial charge is 0.339 e. The number of hydrogen-bond donors (Lipinski definition) is 1. The second-order valence-corrected chi connectivity index (χ2v) is 7.59. The van der Waals surface area contributed by atoms with E-state index in [-0.39, 0.29) is 5.78 Å². The molecule has 1 N–H and O–H groups in total. The molecular formula is C27H27N3O. The number of aryl methyl sites for hydroxylation is 2. The van der Waals surface area contributed by atoms with Crippen molar-refractivity contribution in [2.24, 2.45) is 0 Å². The first-order chi connectivity index (χ1) is 14.8. The Morgan fingerprint density at radius 2 is 1.90 bits per heavy atom. The highest BCUT2D eigenvalue weighted by Crippen LogP contribution is 2.26. The average molecular weight is 410 g/mol. The summed E-state index contributed by atoms with van der Waals surface area (Å²) in [7, 11) is 0.